The van der Waals surface area contributed by atoms with E-state index in [-0.39, 0.29) is 35.5 Å². The lowest BCUT2D eigenvalue weighted by atomic mass is 9.63. The third kappa shape index (κ3) is 3.39. The Kier molecular flexibility index (Phi) is 5.03. The zero-order valence-electron chi connectivity index (χ0n) is 16.3. The lowest BCUT2D eigenvalue weighted by Gasteiger charge is -2.37. The number of ether oxygens (including phenoxy) is 1. The molecule has 1 saturated heterocycles. The van der Waals surface area contributed by atoms with Crippen molar-refractivity contribution in [2.75, 3.05) is 0 Å². The molecule has 2 bridgehead atoms. The first-order valence-electron chi connectivity index (χ1n) is 10.2. The molecule has 1 aliphatic heterocycles. The summed E-state index contributed by atoms with van der Waals surface area (Å²) in [5.41, 5.74) is 1.87. The number of hydrogen-bond acceptors (Lipinski definition) is 4. The Balaban J connectivity index is 1.28. The average molecular weight is 465 g/mol. The number of halogens is 1. The molecule has 5 nitrogen and oxygen atoms in total. The van der Waals surface area contributed by atoms with Gasteiger partial charge in [0.2, 0.25) is 0 Å². The Labute approximate surface area is 183 Å². The van der Waals surface area contributed by atoms with Gasteiger partial charge in [-0.1, -0.05) is 42.5 Å². The van der Waals surface area contributed by atoms with Crippen LogP contribution in [0.25, 0.3) is 0 Å². The first-order valence-corrected chi connectivity index (χ1v) is 11.0. The van der Waals surface area contributed by atoms with Gasteiger partial charge < -0.3 is 4.74 Å². The quantitative estimate of drug-likeness (QED) is 0.370. The minimum Gasteiger partial charge on any atom is -0.488 e. The zero-order chi connectivity index (χ0) is 20.7. The number of carbonyl (C=O) groups is 2. The van der Waals surface area contributed by atoms with Crippen LogP contribution in [0.15, 0.2) is 70.3 Å². The minimum atomic E-state index is -0.237. The van der Waals surface area contributed by atoms with E-state index in [1.54, 1.807) is 6.21 Å². The average Bonchev–Trinajstić information content (AvgIpc) is 3.05. The molecule has 6 heteroatoms. The van der Waals surface area contributed by atoms with E-state index in [1.807, 2.05) is 48.5 Å². The Morgan fingerprint density at radius 3 is 2.27 bits per heavy atom. The normalized spacial score (nSPS) is 27.2. The molecule has 0 radical (unpaired) electrons. The fourth-order valence-corrected chi connectivity index (χ4v) is 5.26. The molecule has 0 spiro atoms. The number of fused-ring (bicyclic) bond motifs is 1. The van der Waals surface area contributed by atoms with Crippen molar-refractivity contribution in [2.45, 2.75) is 19.4 Å². The number of nitrogens with zero attached hydrogens (tertiary/aromatic N) is 2. The Hall–Kier alpha value is -2.73. The second kappa shape index (κ2) is 7.84. The molecule has 6 rings (SSSR count). The van der Waals surface area contributed by atoms with Gasteiger partial charge in [0, 0.05) is 0 Å². The van der Waals surface area contributed by atoms with Gasteiger partial charge in [-0.05, 0) is 69.9 Å². The summed E-state index contributed by atoms with van der Waals surface area (Å²) in [6.07, 6.45) is 7.75. The van der Waals surface area contributed by atoms with Crippen LogP contribution >= 0.6 is 15.9 Å². The van der Waals surface area contributed by atoms with Gasteiger partial charge in [-0.2, -0.15) is 10.1 Å². The van der Waals surface area contributed by atoms with Gasteiger partial charge in [0.15, 0.2) is 0 Å². The summed E-state index contributed by atoms with van der Waals surface area (Å²) in [5.74, 6) is 0.263. The summed E-state index contributed by atoms with van der Waals surface area (Å²) >= 11 is 3.53. The highest BCUT2D eigenvalue weighted by Gasteiger charge is 2.56. The molecule has 2 aromatic rings. The van der Waals surface area contributed by atoms with Crippen LogP contribution in [0.5, 0.6) is 5.75 Å². The standard InChI is InChI=1S/C24H21BrN2O3/c25-19-12-16(6-11-20(19)30-14-15-4-2-1-3-5-15)13-26-27-23(28)21-17-7-8-18(10-9-17)22(21)24(27)29/h1-8,11-13,17-18,21-22H,9-10,14H2/b26-13-/t17-,18-,21+,22+/m0/s1. The van der Waals surface area contributed by atoms with E-state index in [2.05, 4.69) is 33.2 Å². The second-order valence-corrected chi connectivity index (χ2v) is 8.89. The van der Waals surface area contributed by atoms with E-state index in [1.165, 1.54) is 0 Å². The molecule has 0 N–H and O–H groups in total. The minimum absolute atomic E-state index is 0.165. The van der Waals surface area contributed by atoms with Crippen LogP contribution in [0.1, 0.15) is 24.0 Å². The number of hydrogen-bond donors (Lipinski definition) is 0. The van der Waals surface area contributed by atoms with Crippen molar-refractivity contribution in [1.82, 2.24) is 5.01 Å². The van der Waals surface area contributed by atoms with Crippen molar-refractivity contribution in [3.05, 3.63) is 76.3 Å². The van der Waals surface area contributed by atoms with Crippen LogP contribution in [0, 0.1) is 23.7 Å². The molecular weight excluding hydrogens is 444 g/mol. The SMILES string of the molecule is O=C1[C@H]2[C@H](C(=O)N1/N=C\c1ccc(OCc3ccccc3)c(Br)c1)[C@H]1C=C[C@H]2CC1. The summed E-state index contributed by atoms with van der Waals surface area (Å²) < 4.78 is 6.66. The topological polar surface area (TPSA) is 59.0 Å². The van der Waals surface area contributed by atoms with Crippen LogP contribution in [0.3, 0.4) is 0 Å². The monoisotopic (exact) mass is 464 g/mol. The fraction of sp³-hybridized carbons (Fsp3) is 0.292. The number of benzene rings is 2. The summed E-state index contributed by atoms with van der Waals surface area (Å²) in [4.78, 5) is 25.7. The van der Waals surface area contributed by atoms with E-state index in [0.29, 0.717) is 6.61 Å². The Morgan fingerprint density at radius 2 is 1.67 bits per heavy atom. The van der Waals surface area contributed by atoms with Gasteiger partial charge in [-0.15, -0.1) is 0 Å². The molecule has 0 aromatic heterocycles. The molecule has 2 amide bonds. The van der Waals surface area contributed by atoms with Crippen molar-refractivity contribution in [1.29, 1.82) is 0 Å². The Bertz CT molecular complexity index is 1020. The van der Waals surface area contributed by atoms with Crippen LogP contribution in [-0.4, -0.2) is 23.0 Å². The third-order valence-corrected chi connectivity index (χ3v) is 6.87. The molecule has 1 saturated carbocycles. The van der Waals surface area contributed by atoms with Crippen molar-refractivity contribution >= 4 is 34.0 Å². The van der Waals surface area contributed by atoms with Crippen molar-refractivity contribution in [3.63, 3.8) is 0 Å². The molecule has 4 aliphatic rings. The lowest BCUT2D eigenvalue weighted by molar-refractivity contribution is -0.140. The number of imide groups is 1. The Morgan fingerprint density at radius 1 is 1.00 bits per heavy atom. The van der Waals surface area contributed by atoms with Gasteiger partial charge in [0.25, 0.3) is 11.8 Å². The van der Waals surface area contributed by atoms with E-state index < -0.39 is 0 Å². The van der Waals surface area contributed by atoms with Crippen molar-refractivity contribution in [3.8, 4) is 5.75 Å². The van der Waals surface area contributed by atoms with Crippen LogP contribution in [0.2, 0.25) is 0 Å². The molecular formula is C24H21BrN2O3. The smallest absolute Gasteiger partial charge is 0.254 e. The first kappa shape index (κ1) is 19.2. The molecule has 30 heavy (non-hydrogen) atoms. The number of rotatable bonds is 5. The van der Waals surface area contributed by atoms with Crippen LogP contribution < -0.4 is 4.74 Å². The molecule has 3 aliphatic carbocycles. The highest BCUT2D eigenvalue weighted by Crippen LogP contribution is 2.49. The maximum Gasteiger partial charge on any atom is 0.254 e. The highest BCUT2D eigenvalue weighted by atomic mass is 79.9. The number of amides is 2. The summed E-state index contributed by atoms with van der Waals surface area (Å²) in [7, 11) is 0. The van der Waals surface area contributed by atoms with E-state index in [0.717, 1.165) is 39.2 Å². The molecule has 0 unspecified atom stereocenters. The fourth-order valence-electron chi connectivity index (χ4n) is 4.75. The van der Waals surface area contributed by atoms with E-state index >= 15 is 0 Å². The largest absolute Gasteiger partial charge is 0.488 e. The molecule has 2 fully saturated rings. The predicted octanol–water partition coefficient (Wildman–Crippen LogP) is 4.56. The maximum atomic E-state index is 12.8. The maximum absolute atomic E-state index is 12.8. The molecule has 152 valence electrons. The molecule has 1 heterocycles. The molecule has 4 atom stereocenters. The number of allylic oxidation sites excluding steroid dienone is 2. The van der Waals surface area contributed by atoms with Gasteiger partial charge in [0.05, 0.1) is 22.5 Å². The number of carbonyl (C=O) groups excluding carboxylic acids is 2. The first-order chi connectivity index (χ1) is 14.6. The van der Waals surface area contributed by atoms with Crippen LogP contribution in [-0.2, 0) is 16.2 Å². The third-order valence-electron chi connectivity index (χ3n) is 6.25. The van der Waals surface area contributed by atoms with Gasteiger partial charge in [-0.3, -0.25) is 9.59 Å². The van der Waals surface area contributed by atoms with Crippen molar-refractivity contribution < 1.29 is 14.3 Å². The van der Waals surface area contributed by atoms with Crippen molar-refractivity contribution in [2.24, 2.45) is 28.8 Å². The van der Waals surface area contributed by atoms with Gasteiger partial charge >= 0.3 is 0 Å². The van der Waals surface area contributed by atoms with E-state index in [9.17, 15) is 9.59 Å². The second-order valence-electron chi connectivity index (χ2n) is 8.04. The summed E-state index contributed by atoms with van der Waals surface area (Å²) in [5, 5.41) is 5.35. The van der Waals surface area contributed by atoms with Gasteiger partial charge in [-0.25, -0.2) is 0 Å². The zero-order valence-corrected chi connectivity index (χ0v) is 17.9. The van der Waals surface area contributed by atoms with Gasteiger partial charge in [0.1, 0.15) is 12.4 Å². The summed E-state index contributed by atoms with van der Waals surface area (Å²) in [6, 6.07) is 15.5. The highest BCUT2D eigenvalue weighted by molar-refractivity contribution is 9.10. The van der Waals surface area contributed by atoms with E-state index in [4.69, 9.17) is 4.74 Å². The van der Waals surface area contributed by atoms with Crippen LogP contribution in [0.4, 0.5) is 0 Å². The predicted molar refractivity (Wildman–Crippen MR) is 117 cm³/mol. The molecule has 2 aromatic carbocycles. The number of hydrazone groups is 1. The lowest BCUT2D eigenvalue weighted by Crippen LogP contribution is -2.38. The summed E-state index contributed by atoms with van der Waals surface area (Å²) in [6.45, 7) is 0.475.